The van der Waals surface area contributed by atoms with Crippen LogP contribution < -0.4 is 5.32 Å². The Morgan fingerprint density at radius 2 is 1.66 bits per heavy atom. The third-order valence-corrected chi connectivity index (χ3v) is 6.01. The van der Waals surface area contributed by atoms with Gasteiger partial charge >= 0.3 is 0 Å². The Hall–Kier alpha value is -2.69. The number of hydrogen-bond acceptors (Lipinski definition) is 3. The summed E-state index contributed by atoms with van der Waals surface area (Å²) in [5.74, 6) is 0.0917. The Morgan fingerprint density at radius 3 is 2.38 bits per heavy atom. The maximum atomic E-state index is 13.1. The number of nitrogens with one attached hydrogen (secondary N) is 1. The molecule has 1 saturated heterocycles. The summed E-state index contributed by atoms with van der Waals surface area (Å²) in [7, 11) is 0. The number of fused-ring (bicyclic) bond motifs is 1. The molecule has 3 aromatic carbocycles. The van der Waals surface area contributed by atoms with Crippen molar-refractivity contribution in [3.05, 3.63) is 83.9 Å². The van der Waals surface area contributed by atoms with Crippen LogP contribution in [0.3, 0.4) is 0 Å². The zero-order chi connectivity index (χ0) is 20.3. The number of piperidine rings is 1. The first-order valence-electron chi connectivity index (χ1n) is 10.4. The van der Waals surface area contributed by atoms with E-state index in [2.05, 4.69) is 5.32 Å². The molecule has 0 aromatic heterocycles. The zero-order valence-electron chi connectivity index (χ0n) is 16.8. The molecule has 0 aliphatic carbocycles. The lowest BCUT2D eigenvalue weighted by atomic mass is 9.95. The van der Waals surface area contributed by atoms with Crippen molar-refractivity contribution < 1.29 is 9.90 Å². The Kier molecular flexibility index (Phi) is 5.65. The second-order valence-electron chi connectivity index (χ2n) is 7.82. The molecular formula is C25H28N2O2. The van der Waals surface area contributed by atoms with Crippen molar-refractivity contribution in [1.82, 2.24) is 10.2 Å². The van der Waals surface area contributed by atoms with Gasteiger partial charge in [0, 0.05) is 24.7 Å². The number of amides is 1. The molecule has 1 aliphatic rings. The normalized spacial score (nSPS) is 17.2. The molecule has 4 heteroatoms. The van der Waals surface area contributed by atoms with Crippen LogP contribution in [0.4, 0.5) is 0 Å². The fourth-order valence-corrected chi connectivity index (χ4v) is 4.25. The molecule has 2 N–H and O–H groups in total. The minimum atomic E-state index is -1.03. The minimum absolute atomic E-state index is 0.0917. The van der Waals surface area contributed by atoms with Crippen LogP contribution >= 0.6 is 0 Å². The average molecular weight is 389 g/mol. The van der Waals surface area contributed by atoms with Crippen LogP contribution in [0.15, 0.2) is 72.8 Å². The highest BCUT2D eigenvalue weighted by Crippen LogP contribution is 2.26. The van der Waals surface area contributed by atoms with E-state index in [0.717, 1.165) is 34.7 Å². The van der Waals surface area contributed by atoms with Crippen molar-refractivity contribution >= 4 is 16.7 Å². The maximum Gasteiger partial charge on any atom is 0.254 e. The number of benzene rings is 3. The van der Waals surface area contributed by atoms with Gasteiger partial charge in [0.15, 0.2) is 0 Å². The number of nitrogens with zero attached hydrogens (tertiary/aromatic N) is 1. The Bertz CT molecular complexity index is 975. The lowest BCUT2D eigenvalue weighted by Gasteiger charge is -2.38. The highest BCUT2D eigenvalue weighted by molar-refractivity contribution is 6.07. The van der Waals surface area contributed by atoms with Gasteiger partial charge in [-0.2, -0.15) is 0 Å². The predicted molar refractivity (Wildman–Crippen MR) is 117 cm³/mol. The maximum absolute atomic E-state index is 13.1. The summed E-state index contributed by atoms with van der Waals surface area (Å²) in [5, 5.41) is 16.7. The second-order valence-corrected chi connectivity index (χ2v) is 7.82. The number of likely N-dealkylation sites (tertiary alicyclic amines) is 1. The van der Waals surface area contributed by atoms with Gasteiger partial charge in [-0.05, 0) is 41.7 Å². The van der Waals surface area contributed by atoms with Gasteiger partial charge < -0.3 is 10.0 Å². The van der Waals surface area contributed by atoms with Crippen LogP contribution in [0.2, 0.25) is 0 Å². The Morgan fingerprint density at radius 1 is 1.00 bits per heavy atom. The predicted octanol–water partition coefficient (Wildman–Crippen LogP) is 4.29. The SMILES string of the molecule is CC[C@@](O)(NC1CCN(C(=O)c2cccc3ccccc23)CC1)c1ccccc1. The molecule has 0 spiro atoms. The van der Waals surface area contributed by atoms with E-state index in [1.807, 2.05) is 84.6 Å². The van der Waals surface area contributed by atoms with Gasteiger partial charge in [0.2, 0.25) is 0 Å². The summed E-state index contributed by atoms with van der Waals surface area (Å²) < 4.78 is 0. The van der Waals surface area contributed by atoms with Crippen molar-refractivity contribution in [2.45, 2.75) is 38.0 Å². The van der Waals surface area contributed by atoms with Crippen molar-refractivity contribution in [2.75, 3.05) is 13.1 Å². The van der Waals surface area contributed by atoms with Gasteiger partial charge in [-0.25, -0.2) is 0 Å². The van der Waals surface area contributed by atoms with Gasteiger partial charge in [-0.1, -0.05) is 73.7 Å². The van der Waals surface area contributed by atoms with Crippen molar-refractivity contribution in [3.8, 4) is 0 Å². The summed E-state index contributed by atoms with van der Waals surface area (Å²) in [5.41, 5.74) is 0.619. The van der Waals surface area contributed by atoms with Gasteiger partial charge in [-0.15, -0.1) is 0 Å². The standard InChI is InChI=1S/C25H28N2O2/c1-2-25(29,20-11-4-3-5-12-20)26-21-15-17-27(18-16-21)24(28)23-14-8-10-19-9-6-7-13-22(19)23/h3-14,21,26,29H,2,15-18H2,1H3/t25-/m0/s1. The third-order valence-electron chi connectivity index (χ3n) is 6.01. The van der Waals surface area contributed by atoms with Crippen molar-refractivity contribution in [1.29, 1.82) is 0 Å². The third kappa shape index (κ3) is 4.04. The van der Waals surface area contributed by atoms with Gasteiger partial charge in [-0.3, -0.25) is 10.1 Å². The molecule has 0 saturated carbocycles. The lowest BCUT2D eigenvalue weighted by molar-refractivity contribution is -0.0218. The van der Waals surface area contributed by atoms with E-state index in [-0.39, 0.29) is 11.9 Å². The van der Waals surface area contributed by atoms with Gasteiger partial charge in [0.25, 0.3) is 5.91 Å². The molecule has 1 atom stereocenters. The van der Waals surface area contributed by atoms with Crippen LogP contribution in [-0.2, 0) is 5.72 Å². The Labute approximate surface area is 172 Å². The van der Waals surface area contributed by atoms with Crippen LogP contribution in [0.25, 0.3) is 10.8 Å². The molecule has 1 heterocycles. The Balaban J connectivity index is 1.43. The highest BCUT2D eigenvalue weighted by atomic mass is 16.3. The number of rotatable bonds is 5. The smallest absolute Gasteiger partial charge is 0.254 e. The molecule has 150 valence electrons. The summed E-state index contributed by atoms with van der Waals surface area (Å²) >= 11 is 0. The molecule has 4 rings (SSSR count). The summed E-state index contributed by atoms with van der Waals surface area (Å²) in [6, 6.07) is 23.9. The van der Waals surface area contributed by atoms with Crippen LogP contribution in [0.1, 0.15) is 42.1 Å². The molecule has 0 unspecified atom stereocenters. The molecule has 4 nitrogen and oxygen atoms in total. The monoisotopic (exact) mass is 388 g/mol. The fourth-order valence-electron chi connectivity index (χ4n) is 4.25. The topological polar surface area (TPSA) is 52.6 Å². The van der Waals surface area contributed by atoms with E-state index in [1.165, 1.54) is 0 Å². The van der Waals surface area contributed by atoms with E-state index in [9.17, 15) is 9.90 Å². The first kappa shape index (κ1) is 19.6. The van der Waals surface area contributed by atoms with Gasteiger partial charge in [0.05, 0.1) is 0 Å². The first-order valence-corrected chi connectivity index (χ1v) is 10.4. The molecule has 29 heavy (non-hydrogen) atoms. The molecule has 0 bridgehead atoms. The largest absolute Gasteiger partial charge is 0.372 e. The van der Waals surface area contributed by atoms with E-state index in [4.69, 9.17) is 0 Å². The van der Waals surface area contributed by atoms with Gasteiger partial charge in [0.1, 0.15) is 5.72 Å². The fraction of sp³-hybridized carbons (Fsp3) is 0.320. The molecule has 3 aromatic rings. The summed E-state index contributed by atoms with van der Waals surface area (Å²) in [6.07, 6.45) is 2.24. The van der Waals surface area contributed by atoms with Crippen molar-refractivity contribution in [3.63, 3.8) is 0 Å². The van der Waals surface area contributed by atoms with E-state index in [0.29, 0.717) is 19.5 Å². The summed E-state index contributed by atoms with van der Waals surface area (Å²) in [6.45, 7) is 3.36. The lowest BCUT2D eigenvalue weighted by Crippen LogP contribution is -2.52. The average Bonchev–Trinajstić information content (AvgIpc) is 2.79. The van der Waals surface area contributed by atoms with Crippen LogP contribution in [0.5, 0.6) is 0 Å². The summed E-state index contributed by atoms with van der Waals surface area (Å²) in [4.78, 5) is 15.1. The second kappa shape index (κ2) is 8.36. The highest BCUT2D eigenvalue weighted by Gasteiger charge is 2.32. The van der Waals surface area contributed by atoms with E-state index < -0.39 is 5.72 Å². The molecule has 1 fully saturated rings. The molecule has 1 amide bonds. The van der Waals surface area contributed by atoms with Crippen LogP contribution in [0, 0.1) is 0 Å². The first-order chi connectivity index (χ1) is 14.1. The van der Waals surface area contributed by atoms with E-state index in [1.54, 1.807) is 0 Å². The quantitative estimate of drug-likeness (QED) is 0.641. The number of hydrogen-bond donors (Lipinski definition) is 2. The number of carbonyl (C=O) groups excluding carboxylic acids is 1. The van der Waals surface area contributed by atoms with Crippen LogP contribution in [-0.4, -0.2) is 35.0 Å². The zero-order valence-corrected chi connectivity index (χ0v) is 16.8. The minimum Gasteiger partial charge on any atom is -0.372 e. The van der Waals surface area contributed by atoms with Crippen molar-refractivity contribution in [2.24, 2.45) is 0 Å². The van der Waals surface area contributed by atoms with E-state index >= 15 is 0 Å². The number of carbonyl (C=O) groups is 1. The molecule has 0 radical (unpaired) electrons. The molecular weight excluding hydrogens is 360 g/mol. The molecule has 1 aliphatic heterocycles. The number of aliphatic hydroxyl groups is 1.